The third kappa shape index (κ3) is 3.57. The van der Waals surface area contributed by atoms with E-state index in [4.69, 9.17) is 0 Å². The van der Waals surface area contributed by atoms with E-state index >= 15 is 0 Å². The molecule has 0 aromatic heterocycles. The molecule has 23 heavy (non-hydrogen) atoms. The molecule has 0 aliphatic carbocycles. The Morgan fingerprint density at radius 3 is 2.48 bits per heavy atom. The van der Waals surface area contributed by atoms with E-state index in [0.29, 0.717) is 16.7 Å². The van der Waals surface area contributed by atoms with Gasteiger partial charge in [-0.3, -0.25) is 20.2 Å². The molecule has 0 bridgehead atoms. The predicted octanol–water partition coefficient (Wildman–Crippen LogP) is 3.88. The lowest BCUT2D eigenvalue weighted by atomic mass is 10.0. The van der Waals surface area contributed by atoms with Crippen LogP contribution in [-0.4, -0.2) is 9.85 Å². The molecule has 2 rings (SSSR count). The highest BCUT2D eigenvalue weighted by atomic mass is 16.6. The molecule has 0 saturated carbocycles. The van der Waals surface area contributed by atoms with E-state index < -0.39 is 9.85 Å². The Labute approximate surface area is 131 Å². The van der Waals surface area contributed by atoms with E-state index in [0.717, 1.165) is 0 Å². The Balaban J connectivity index is 2.50. The largest absolute Gasteiger partial charge is 0.272 e. The number of allylic oxidation sites excluding steroid dienone is 1. The normalized spacial score (nSPS) is 10.9. The molecule has 0 amide bonds. The molecule has 114 valence electrons. The van der Waals surface area contributed by atoms with Crippen molar-refractivity contribution in [1.82, 2.24) is 0 Å². The lowest BCUT2D eigenvalue weighted by Crippen LogP contribution is -1.92. The van der Waals surface area contributed by atoms with Crippen LogP contribution in [0.15, 0.2) is 42.5 Å². The van der Waals surface area contributed by atoms with Crippen molar-refractivity contribution in [1.29, 1.82) is 5.26 Å². The van der Waals surface area contributed by atoms with Gasteiger partial charge in [-0.2, -0.15) is 5.26 Å². The van der Waals surface area contributed by atoms with Crippen LogP contribution in [0.3, 0.4) is 0 Å². The summed E-state index contributed by atoms with van der Waals surface area (Å²) in [5.74, 6) is 0. The molecule has 0 aliphatic heterocycles. The second kappa shape index (κ2) is 6.49. The standard InChI is InChI=1S/C16H11N3O4/c1-11-5-6-12(8-16(11)19(22)23)7-14(10-17)13-3-2-4-15(9-13)18(20)21/h2-9H,1H3. The van der Waals surface area contributed by atoms with Crippen molar-refractivity contribution >= 4 is 23.0 Å². The number of nitro groups is 2. The van der Waals surface area contributed by atoms with Crippen LogP contribution in [0.4, 0.5) is 11.4 Å². The van der Waals surface area contributed by atoms with E-state index in [-0.39, 0.29) is 16.9 Å². The molecule has 0 saturated heterocycles. The fourth-order valence-electron chi connectivity index (χ4n) is 2.05. The number of nitro benzene ring substituents is 2. The van der Waals surface area contributed by atoms with Crippen LogP contribution in [0.2, 0.25) is 0 Å². The Hall–Kier alpha value is -3.53. The molecule has 0 N–H and O–H groups in total. The lowest BCUT2D eigenvalue weighted by Gasteiger charge is -2.02. The van der Waals surface area contributed by atoms with Crippen molar-refractivity contribution in [2.75, 3.05) is 0 Å². The zero-order valence-corrected chi connectivity index (χ0v) is 12.1. The van der Waals surface area contributed by atoms with Crippen molar-refractivity contribution in [3.05, 3.63) is 79.4 Å². The highest BCUT2D eigenvalue weighted by Crippen LogP contribution is 2.25. The first-order chi connectivity index (χ1) is 10.9. The Kier molecular flexibility index (Phi) is 4.47. The molecule has 0 atom stereocenters. The molecule has 2 aromatic rings. The molecule has 0 aliphatic rings. The first-order valence-corrected chi connectivity index (χ1v) is 6.54. The third-order valence-corrected chi connectivity index (χ3v) is 3.23. The first kappa shape index (κ1) is 15.9. The van der Waals surface area contributed by atoms with E-state index in [9.17, 15) is 25.5 Å². The molecule has 2 aromatic carbocycles. The summed E-state index contributed by atoms with van der Waals surface area (Å²) in [4.78, 5) is 20.7. The maximum atomic E-state index is 11.0. The second-order valence-corrected chi connectivity index (χ2v) is 4.78. The van der Waals surface area contributed by atoms with E-state index in [1.165, 1.54) is 30.3 Å². The van der Waals surface area contributed by atoms with Gasteiger partial charge in [0.05, 0.1) is 21.5 Å². The molecule has 7 nitrogen and oxygen atoms in total. The number of nitrogens with zero attached hydrogens (tertiary/aromatic N) is 3. The van der Waals surface area contributed by atoms with Gasteiger partial charge in [0.1, 0.15) is 0 Å². The smallest absolute Gasteiger partial charge is 0.258 e. The summed E-state index contributed by atoms with van der Waals surface area (Å²) < 4.78 is 0. The van der Waals surface area contributed by atoms with Crippen LogP contribution in [0, 0.1) is 38.5 Å². The first-order valence-electron chi connectivity index (χ1n) is 6.54. The third-order valence-electron chi connectivity index (χ3n) is 3.23. The number of aryl methyl sites for hydroxylation is 1. The van der Waals surface area contributed by atoms with Gasteiger partial charge in [-0.15, -0.1) is 0 Å². The maximum Gasteiger partial charge on any atom is 0.272 e. The van der Waals surface area contributed by atoms with Gasteiger partial charge >= 0.3 is 0 Å². The van der Waals surface area contributed by atoms with Gasteiger partial charge in [-0.1, -0.05) is 24.3 Å². The van der Waals surface area contributed by atoms with Crippen LogP contribution >= 0.6 is 0 Å². The van der Waals surface area contributed by atoms with Crippen LogP contribution in [0.5, 0.6) is 0 Å². The highest BCUT2D eigenvalue weighted by Gasteiger charge is 2.12. The van der Waals surface area contributed by atoms with Crippen molar-refractivity contribution < 1.29 is 9.85 Å². The lowest BCUT2D eigenvalue weighted by molar-refractivity contribution is -0.385. The number of non-ortho nitro benzene ring substituents is 1. The van der Waals surface area contributed by atoms with Crippen LogP contribution in [0.1, 0.15) is 16.7 Å². The summed E-state index contributed by atoms with van der Waals surface area (Å²) in [6, 6.07) is 12.2. The summed E-state index contributed by atoms with van der Waals surface area (Å²) in [5.41, 5.74) is 1.39. The van der Waals surface area contributed by atoms with Crippen LogP contribution in [0.25, 0.3) is 11.6 Å². The maximum absolute atomic E-state index is 11.0. The van der Waals surface area contributed by atoms with E-state index in [2.05, 4.69) is 0 Å². The van der Waals surface area contributed by atoms with E-state index in [1.54, 1.807) is 25.1 Å². The van der Waals surface area contributed by atoms with Gasteiger partial charge in [0.2, 0.25) is 0 Å². The minimum atomic E-state index is -0.546. The Bertz CT molecular complexity index is 866. The summed E-state index contributed by atoms with van der Waals surface area (Å²) in [5, 5.41) is 31.1. The van der Waals surface area contributed by atoms with E-state index in [1.807, 2.05) is 6.07 Å². The summed E-state index contributed by atoms with van der Waals surface area (Å²) in [7, 11) is 0. The van der Waals surface area contributed by atoms with Crippen LogP contribution in [-0.2, 0) is 0 Å². The van der Waals surface area contributed by atoms with Gasteiger partial charge in [-0.25, -0.2) is 0 Å². The minimum absolute atomic E-state index is 0.0462. The number of hydrogen-bond donors (Lipinski definition) is 0. The van der Waals surface area contributed by atoms with Crippen molar-refractivity contribution in [3.63, 3.8) is 0 Å². The molecule has 0 unspecified atom stereocenters. The number of benzene rings is 2. The van der Waals surface area contributed by atoms with Gasteiger partial charge in [0.15, 0.2) is 0 Å². The summed E-state index contributed by atoms with van der Waals surface area (Å²) in [6.45, 7) is 1.62. The van der Waals surface area contributed by atoms with Crippen molar-refractivity contribution in [2.45, 2.75) is 6.92 Å². The minimum Gasteiger partial charge on any atom is -0.258 e. The second-order valence-electron chi connectivity index (χ2n) is 4.78. The monoisotopic (exact) mass is 309 g/mol. The SMILES string of the molecule is Cc1ccc(C=C(C#N)c2cccc([N+](=O)[O-])c2)cc1[N+](=O)[O-]. The average molecular weight is 309 g/mol. The van der Waals surface area contributed by atoms with Crippen molar-refractivity contribution in [2.24, 2.45) is 0 Å². The zero-order valence-electron chi connectivity index (χ0n) is 12.1. The molecular formula is C16H11N3O4. The highest BCUT2D eigenvalue weighted by molar-refractivity contribution is 5.90. The number of nitriles is 1. The fraction of sp³-hybridized carbons (Fsp3) is 0.0625. The quantitative estimate of drug-likeness (QED) is 0.368. The van der Waals surface area contributed by atoms with Gasteiger partial charge < -0.3 is 0 Å². The number of rotatable bonds is 4. The molecule has 0 heterocycles. The fourth-order valence-corrected chi connectivity index (χ4v) is 2.05. The van der Waals surface area contributed by atoms with Gasteiger partial charge in [0.25, 0.3) is 11.4 Å². The molecule has 7 heteroatoms. The molecular weight excluding hydrogens is 298 g/mol. The Morgan fingerprint density at radius 1 is 1.13 bits per heavy atom. The average Bonchev–Trinajstić information content (AvgIpc) is 2.53. The van der Waals surface area contributed by atoms with Crippen LogP contribution < -0.4 is 0 Å². The molecule has 0 spiro atoms. The number of hydrogen-bond acceptors (Lipinski definition) is 5. The Morgan fingerprint density at radius 2 is 1.87 bits per heavy atom. The van der Waals surface area contributed by atoms with Gasteiger partial charge in [0, 0.05) is 23.8 Å². The molecule has 0 radical (unpaired) electrons. The van der Waals surface area contributed by atoms with Crippen molar-refractivity contribution in [3.8, 4) is 6.07 Å². The summed E-state index contributed by atoms with van der Waals surface area (Å²) >= 11 is 0. The topological polar surface area (TPSA) is 110 Å². The predicted molar refractivity (Wildman–Crippen MR) is 84.4 cm³/mol. The summed E-state index contributed by atoms with van der Waals surface area (Å²) in [6.07, 6.45) is 1.46. The van der Waals surface area contributed by atoms with Gasteiger partial charge in [-0.05, 0) is 24.1 Å². The molecule has 0 fully saturated rings. The zero-order chi connectivity index (χ0) is 17.0.